The maximum atomic E-state index is 12.0. The van der Waals surface area contributed by atoms with Gasteiger partial charge in [-0.25, -0.2) is 9.59 Å². The average molecular weight is 284 g/mol. The minimum Gasteiger partial charge on any atom is -0.480 e. The van der Waals surface area contributed by atoms with Gasteiger partial charge < -0.3 is 15.7 Å². The van der Waals surface area contributed by atoms with E-state index < -0.39 is 12.0 Å². The van der Waals surface area contributed by atoms with E-state index in [0.29, 0.717) is 6.42 Å². The molecular weight excluding hydrogens is 256 g/mol. The van der Waals surface area contributed by atoms with Crippen LogP contribution >= 0.6 is 0 Å². The van der Waals surface area contributed by atoms with Gasteiger partial charge in [-0.1, -0.05) is 40.5 Å². The highest BCUT2D eigenvalue weighted by molar-refractivity contribution is 5.82. The number of amides is 2. The summed E-state index contributed by atoms with van der Waals surface area (Å²) in [6.07, 6.45) is 4.80. The molecule has 1 aliphatic carbocycles. The van der Waals surface area contributed by atoms with Gasteiger partial charge in [0, 0.05) is 6.04 Å². The van der Waals surface area contributed by atoms with Crippen LogP contribution in [-0.2, 0) is 4.79 Å². The largest absolute Gasteiger partial charge is 0.480 e. The number of carbonyl (C=O) groups is 2. The number of carbonyl (C=O) groups excluding carboxylic acids is 1. The molecule has 5 heteroatoms. The van der Waals surface area contributed by atoms with Crippen LogP contribution in [0.5, 0.6) is 0 Å². The quantitative estimate of drug-likeness (QED) is 0.726. The lowest BCUT2D eigenvalue weighted by Crippen LogP contribution is -2.53. The molecule has 1 saturated carbocycles. The summed E-state index contributed by atoms with van der Waals surface area (Å²) in [6, 6.07) is -1.07. The second-order valence-corrected chi connectivity index (χ2v) is 6.93. The van der Waals surface area contributed by atoms with Crippen molar-refractivity contribution in [2.45, 2.75) is 71.9 Å². The molecule has 0 aromatic heterocycles. The highest BCUT2D eigenvalue weighted by atomic mass is 16.4. The van der Waals surface area contributed by atoms with Crippen molar-refractivity contribution in [1.82, 2.24) is 10.6 Å². The smallest absolute Gasteiger partial charge is 0.326 e. The van der Waals surface area contributed by atoms with Crippen molar-refractivity contribution in [2.24, 2.45) is 11.3 Å². The lowest BCUT2D eigenvalue weighted by atomic mass is 9.73. The maximum Gasteiger partial charge on any atom is 0.326 e. The Kier molecular flexibility index (Phi) is 5.84. The van der Waals surface area contributed by atoms with Gasteiger partial charge in [0.25, 0.3) is 0 Å². The SMILES string of the molecule is CC(C)C[C@H](NC(=O)NC1CCCCC1(C)C)C(=O)O. The van der Waals surface area contributed by atoms with Crippen molar-refractivity contribution in [1.29, 1.82) is 0 Å². The number of hydrogen-bond donors (Lipinski definition) is 3. The van der Waals surface area contributed by atoms with Gasteiger partial charge in [0.1, 0.15) is 6.04 Å². The summed E-state index contributed by atoms with van der Waals surface area (Å²) in [5, 5.41) is 14.7. The second kappa shape index (κ2) is 6.95. The van der Waals surface area contributed by atoms with Crippen LogP contribution in [0.2, 0.25) is 0 Å². The van der Waals surface area contributed by atoms with Crippen molar-refractivity contribution in [3.8, 4) is 0 Å². The Hall–Kier alpha value is -1.26. The number of urea groups is 1. The lowest BCUT2D eigenvalue weighted by Gasteiger charge is -2.39. The van der Waals surface area contributed by atoms with Crippen molar-refractivity contribution >= 4 is 12.0 Å². The van der Waals surface area contributed by atoms with E-state index in [1.165, 1.54) is 6.42 Å². The Bertz CT molecular complexity index is 353. The molecule has 2 amide bonds. The first-order valence-electron chi connectivity index (χ1n) is 7.52. The van der Waals surface area contributed by atoms with E-state index in [0.717, 1.165) is 19.3 Å². The summed E-state index contributed by atoms with van der Waals surface area (Å²) < 4.78 is 0. The fraction of sp³-hybridized carbons (Fsp3) is 0.867. The first kappa shape index (κ1) is 16.8. The van der Waals surface area contributed by atoms with Crippen LogP contribution in [0.4, 0.5) is 4.79 Å². The lowest BCUT2D eigenvalue weighted by molar-refractivity contribution is -0.139. The highest BCUT2D eigenvalue weighted by Gasteiger charge is 2.33. The minimum absolute atomic E-state index is 0.0758. The second-order valence-electron chi connectivity index (χ2n) is 6.93. The third-order valence-corrected chi connectivity index (χ3v) is 4.12. The minimum atomic E-state index is -0.975. The van der Waals surface area contributed by atoms with E-state index in [-0.39, 0.29) is 23.4 Å². The number of nitrogens with one attached hydrogen (secondary N) is 2. The first-order valence-corrected chi connectivity index (χ1v) is 7.52. The zero-order valence-electron chi connectivity index (χ0n) is 13.0. The van der Waals surface area contributed by atoms with E-state index >= 15 is 0 Å². The normalized spacial score (nSPS) is 23.1. The standard InChI is InChI=1S/C15H28N2O3/c1-10(2)9-11(13(18)19)16-14(20)17-12-7-5-6-8-15(12,3)4/h10-12H,5-9H2,1-4H3,(H,18,19)(H2,16,17,20)/t11-,12?/m0/s1. The van der Waals surface area contributed by atoms with E-state index in [2.05, 4.69) is 24.5 Å². The molecule has 0 heterocycles. The van der Waals surface area contributed by atoms with Crippen LogP contribution in [0.3, 0.4) is 0 Å². The summed E-state index contributed by atoms with van der Waals surface area (Å²) in [7, 11) is 0. The first-order chi connectivity index (χ1) is 9.22. The summed E-state index contributed by atoms with van der Waals surface area (Å²) in [4.78, 5) is 23.2. The molecule has 0 spiro atoms. The van der Waals surface area contributed by atoms with E-state index in [1.54, 1.807) is 0 Å². The van der Waals surface area contributed by atoms with Crippen LogP contribution in [0.15, 0.2) is 0 Å². The van der Waals surface area contributed by atoms with Gasteiger partial charge >= 0.3 is 12.0 Å². The van der Waals surface area contributed by atoms with Crippen molar-refractivity contribution < 1.29 is 14.7 Å². The monoisotopic (exact) mass is 284 g/mol. The van der Waals surface area contributed by atoms with Crippen LogP contribution in [-0.4, -0.2) is 29.2 Å². The molecule has 5 nitrogen and oxygen atoms in total. The zero-order chi connectivity index (χ0) is 15.3. The molecular formula is C15H28N2O3. The zero-order valence-corrected chi connectivity index (χ0v) is 13.0. The van der Waals surface area contributed by atoms with Gasteiger partial charge in [0.2, 0.25) is 0 Å². The van der Waals surface area contributed by atoms with Crippen molar-refractivity contribution in [2.75, 3.05) is 0 Å². The van der Waals surface area contributed by atoms with Gasteiger partial charge in [-0.2, -0.15) is 0 Å². The number of aliphatic carboxylic acids is 1. The third-order valence-electron chi connectivity index (χ3n) is 4.12. The molecule has 0 aromatic rings. The Morgan fingerprint density at radius 2 is 1.95 bits per heavy atom. The van der Waals surface area contributed by atoms with E-state index in [1.807, 2.05) is 13.8 Å². The van der Waals surface area contributed by atoms with Gasteiger partial charge in [-0.05, 0) is 30.6 Å². The Balaban J connectivity index is 2.54. The van der Waals surface area contributed by atoms with Gasteiger partial charge in [0.15, 0.2) is 0 Å². The van der Waals surface area contributed by atoms with Crippen molar-refractivity contribution in [3.05, 3.63) is 0 Å². The molecule has 0 aliphatic heterocycles. The summed E-state index contributed by atoms with van der Waals surface area (Å²) >= 11 is 0. The predicted molar refractivity (Wildman–Crippen MR) is 78.6 cm³/mol. The molecule has 1 aliphatic rings. The average Bonchev–Trinajstić information content (AvgIpc) is 2.30. The molecule has 0 bridgehead atoms. The number of carboxylic acids is 1. The predicted octanol–water partition coefficient (Wildman–Crippen LogP) is 2.75. The fourth-order valence-electron chi connectivity index (χ4n) is 2.81. The summed E-state index contributed by atoms with van der Waals surface area (Å²) in [6.45, 7) is 8.19. The summed E-state index contributed by atoms with van der Waals surface area (Å²) in [5.74, 6) is -0.751. The molecule has 0 saturated heterocycles. The van der Waals surface area contributed by atoms with Gasteiger partial charge in [-0.3, -0.25) is 0 Å². The van der Waals surface area contributed by atoms with Crippen LogP contribution in [0.1, 0.15) is 59.8 Å². The topological polar surface area (TPSA) is 78.4 Å². The van der Waals surface area contributed by atoms with E-state index in [9.17, 15) is 9.59 Å². The molecule has 0 radical (unpaired) electrons. The molecule has 1 rings (SSSR count). The van der Waals surface area contributed by atoms with Crippen LogP contribution in [0.25, 0.3) is 0 Å². The number of carboxylic acid groups (broad SMARTS) is 1. The van der Waals surface area contributed by atoms with Crippen LogP contribution in [0, 0.1) is 11.3 Å². The van der Waals surface area contributed by atoms with Crippen LogP contribution < -0.4 is 10.6 Å². The van der Waals surface area contributed by atoms with Gasteiger partial charge in [0.05, 0.1) is 0 Å². The molecule has 3 N–H and O–H groups in total. The molecule has 2 atom stereocenters. The Morgan fingerprint density at radius 1 is 1.30 bits per heavy atom. The fourth-order valence-corrected chi connectivity index (χ4v) is 2.81. The number of hydrogen-bond acceptors (Lipinski definition) is 2. The Labute approximate surface area is 121 Å². The molecule has 20 heavy (non-hydrogen) atoms. The number of rotatable bonds is 5. The molecule has 116 valence electrons. The molecule has 1 unspecified atom stereocenters. The third kappa shape index (κ3) is 5.02. The molecule has 0 aromatic carbocycles. The summed E-state index contributed by atoms with van der Waals surface area (Å²) in [5.41, 5.74) is 0.0758. The van der Waals surface area contributed by atoms with E-state index in [4.69, 9.17) is 5.11 Å². The highest BCUT2D eigenvalue weighted by Crippen LogP contribution is 2.35. The maximum absolute atomic E-state index is 12.0. The van der Waals surface area contributed by atoms with Gasteiger partial charge in [-0.15, -0.1) is 0 Å². The Morgan fingerprint density at radius 3 is 2.45 bits per heavy atom. The molecule has 1 fully saturated rings. The van der Waals surface area contributed by atoms with Crippen molar-refractivity contribution in [3.63, 3.8) is 0 Å².